The Morgan fingerprint density at radius 2 is 2.25 bits per heavy atom. The minimum Gasteiger partial charge on any atom is -0.366 e. The molecule has 0 aromatic carbocycles. The topological polar surface area (TPSA) is 44.6 Å². The lowest BCUT2D eigenvalue weighted by molar-refractivity contribution is 0.0270. The van der Waals surface area contributed by atoms with Crippen LogP contribution in [0.2, 0.25) is 0 Å². The van der Waals surface area contributed by atoms with Gasteiger partial charge in [-0.2, -0.15) is 5.10 Å². The summed E-state index contributed by atoms with van der Waals surface area (Å²) in [6.07, 6.45) is 0.982. The van der Waals surface area contributed by atoms with Gasteiger partial charge in [0.05, 0.1) is 0 Å². The van der Waals surface area contributed by atoms with Gasteiger partial charge in [-0.3, -0.25) is 5.43 Å². The van der Waals surface area contributed by atoms with Crippen molar-refractivity contribution in [2.75, 3.05) is 0 Å². The van der Waals surface area contributed by atoms with E-state index in [0.717, 1.165) is 12.1 Å². The molecule has 1 rings (SSSR count). The molecule has 3 nitrogen and oxygen atoms in total. The fourth-order valence-corrected chi connectivity index (χ4v) is 1.24. The van der Waals surface area contributed by atoms with Gasteiger partial charge < -0.3 is 5.11 Å². The van der Waals surface area contributed by atoms with Gasteiger partial charge in [-0.1, -0.05) is 41.7 Å². The molecule has 0 spiro atoms. The minimum absolute atomic E-state index is 0.250. The number of rotatable bonds is 1. The maximum absolute atomic E-state index is 9.71. The van der Waals surface area contributed by atoms with E-state index in [2.05, 4.69) is 10.5 Å². The van der Waals surface area contributed by atoms with Crippen LogP contribution in [0.4, 0.5) is 0 Å². The Labute approximate surface area is 85.7 Å². The van der Waals surface area contributed by atoms with Gasteiger partial charge in [0.25, 0.3) is 0 Å². The molecule has 1 unspecified atom stereocenters. The largest absolute Gasteiger partial charge is 0.366 e. The number of aliphatic hydroxyl groups is 1. The lowest BCUT2D eigenvalue weighted by Crippen LogP contribution is -2.50. The van der Waals surface area contributed by atoms with E-state index in [0.29, 0.717) is 0 Å². The summed E-state index contributed by atoms with van der Waals surface area (Å²) in [5.41, 5.74) is 1.66. The average Bonchev–Trinajstić information content (AvgIpc) is 2.31. The third kappa shape index (κ3) is 1.79. The zero-order valence-electron chi connectivity index (χ0n) is 6.44. The van der Waals surface area contributed by atoms with Gasteiger partial charge in [0.2, 0.25) is 9.52 Å². The number of hydrogen-bond acceptors (Lipinski definition) is 3. The van der Waals surface area contributed by atoms with Gasteiger partial charge >= 0.3 is 0 Å². The van der Waals surface area contributed by atoms with Crippen LogP contribution in [0.25, 0.3) is 0 Å². The maximum Gasteiger partial charge on any atom is 0.239 e. The van der Waals surface area contributed by atoms with Crippen molar-refractivity contribution in [1.82, 2.24) is 5.43 Å². The van der Waals surface area contributed by atoms with E-state index in [1.165, 1.54) is 0 Å². The summed E-state index contributed by atoms with van der Waals surface area (Å²) in [6, 6.07) is 0. The SMILES string of the molecule is CCC1=NNC(O)(C(Cl)(Cl)Cl)C1. The Morgan fingerprint density at radius 3 is 2.50 bits per heavy atom. The first kappa shape index (κ1) is 10.4. The molecule has 0 saturated heterocycles. The van der Waals surface area contributed by atoms with Crippen LogP contribution < -0.4 is 5.43 Å². The highest BCUT2D eigenvalue weighted by Gasteiger charge is 2.50. The molecule has 0 amide bonds. The van der Waals surface area contributed by atoms with Crippen molar-refractivity contribution in [2.24, 2.45) is 5.10 Å². The molecule has 2 N–H and O–H groups in total. The van der Waals surface area contributed by atoms with Crippen molar-refractivity contribution in [3.63, 3.8) is 0 Å². The average molecular weight is 232 g/mol. The van der Waals surface area contributed by atoms with Gasteiger partial charge in [-0.05, 0) is 6.42 Å². The Bertz CT molecular complexity index is 213. The van der Waals surface area contributed by atoms with Crippen molar-refractivity contribution in [3.8, 4) is 0 Å². The van der Waals surface area contributed by atoms with E-state index < -0.39 is 9.52 Å². The summed E-state index contributed by atoms with van der Waals surface area (Å²) in [5.74, 6) is 0. The van der Waals surface area contributed by atoms with Crippen molar-refractivity contribution >= 4 is 40.5 Å². The summed E-state index contributed by atoms with van der Waals surface area (Å²) >= 11 is 16.6. The molecule has 1 heterocycles. The van der Waals surface area contributed by atoms with E-state index in [9.17, 15) is 5.11 Å². The molecule has 0 aliphatic carbocycles. The number of halogens is 3. The Hall–Kier alpha value is 0.300. The molecule has 1 aliphatic heterocycles. The fraction of sp³-hybridized carbons (Fsp3) is 0.833. The quantitative estimate of drug-likeness (QED) is 0.676. The number of nitrogens with zero attached hydrogens (tertiary/aromatic N) is 1. The summed E-state index contributed by atoms with van der Waals surface area (Å²) in [6.45, 7) is 1.92. The Morgan fingerprint density at radius 1 is 1.67 bits per heavy atom. The predicted octanol–water partition coefficient (Wildman–Crippen LogP) is 1.80. The van der Waals surface area contributed by atoms with E-state index in [-0.39, 0.29) is 6.42 Å². The molecular formula is C6H9Cl3N2O. The van der Waals surface area contributed by atoms with Crippen LogP contribution >= 0.6 is 34.8 Å². The third-order valence-corrected chi connectivity index (χ3v) is 2.67. The standard InChI is InChI=1S/C6H9Cl3N2O/c1-2-4-3-5(12,11-10-4)6(7,8)9/h11-12H,2-3H2,1H3. The molecular weight excluding hydrogens is 222 g/mol. The van der Waals surface area contributed by atoms with Crippen LogP contribution in [0.5, 0.6) is 0 Å². The van der Waals surface area contributed by atoms with Gasteiger partial charge in [-0.15, -0.1) is 0 Å². The Balaban J connectivity index is 2.70. The van der Waals surface area contributed by atoms with Crippen molar-refractivity contribution in [2.45, 2.75) is 29.3 Å². The first-order chi connectivity index (χ1) is 5.39. The molecule has 0 aromatic rings. The first-order valence-electron chi connectivity index (χ1n) is 3.51. The summed E-state index contributed by atoms with van der Waals surface area (Å²) in [4.78, 5) is 0. The smallest absolute Gasteiger partial charge is 0.239 e. The van der Waals surface area contributed by atoms with Gasteiger partial charge in [0.1, 0.15) is 0 Å². The normalized spacial score (nSPS) is 29.9. The highest BCUT2D eigenvalue weighted by molar-refractivity contribution is 6.68. The van der Waals surface area contributed by atoms with E-state index >= 15 is 0 Å². The summed E-state index contributed by atoms with van der Waals surface area (Å²) in [5, 5.41) is 13.5. The number of nitrogens with one attached hydrogen (secondary N) is 1. The van der Waals surface area contributed by atoms with Crippen LogP contribution in [0.15, 0.2) is 5.10 Å². The number of hydrogen-bond donors (Lipinski definition) is 2. The Kier molecular flexibility index (Phi) is 2.78. The third-order valence-electron chi connectivity index (χ3n) is 1.74. The molecule has 0 fully saturated rings. The van der Waals surface area contributed by atoms with Gasteiger partial charge in [0, 0.05) is 12.1 Å². The van der Waals surface area contributed by atoms with Crippen LogP contribution in [0, 0.1) is 0 Å². The molecule has 0 aromatic heterocycles. The summed E-state index contributed by atoms with van der Waals surface area (Å²) < 4.78 is -1.76. The van der Waals surface area contributed by atoms with Crippen molar-refractivity contribution in [3.05, 3.63) is 0 Å². The number of alkyl halides is 3. The second-order valence-electron chi connectivity index (χ2n) is 2.68. The van der Waals surface area contributed by atoms with Crippen LogP contribution in [0.1, 0.15) is 19.8 Å². The highest BCUT2D eigenvalue weighted by Crippen LogP contribution is 2.40. The molecule has 70 valence electrons. The molecule has 0 bridgehead atoms. The molecule has 0 saturated carbocycles. The molecule has 6 heteroatoms. The molecule has 1 aliphatic rings. The lowest BCUT2D eigenvalue weighted by Gasteiger charge is -2.29. The van der Waals surface area contributed by atoms with E-state index in [1.54, 1.807) is 0 Å². The first-order valence-corrected chi connectivity index (χ1v) is 4.64. The molecule has 12 heavy (non-hydrogen) atoms. The van der Waals surface area contributed by atoms with Crippen molar-refractivity contribution < 1.29 is 5.11 Å². The van der Waals surface area contributed by atoms with Gasteiger partial charge in [0.15, 0.2) is 0 Å². The van der Waals surface area contributed by atoms with Crippen LogP contribution in [-0.2, 0) is 0 Å². The van der Waals surface area contributed by atoms with Gasteiger partial charge in [-0.25, -0.2) is 0 Å². The van der Waals surface area contributed by atoms with Crippen LogP contribution in [0.3, 0.4) is 0 Å². The zero-order chi connectivity index (χ0) is 9.41. The predicted molar refractivity (Wildman–Crippen MR) is 50.7 cm³/mol. The lowest BCUT2D eigenvalue weighted by atomic mass is 10.1. The fourth-order valence-electron chi connectivity index (χ4n) is 0.914. The van der Waals surface area contributed by atoms with E-state index in [4.69, 9.17) is 34.8 Å². The summed E-state index contributed by atoms with van der Waals surface area (Å²) in [7, 11) is 0. The van der Waals surface area contributed by atoms with Crippen molar-refractivity contribution in [1.29, 1.82) is 0 Å². The number of hydrazone groups is 1. The minimum atomic E-state index is -1.76. The monoisotopic (exact) mass is 230 g/mol. The van der Waals surface area contributed by atoms with E-state index in [1.807, 2.05) is 6.92 Å². The maximum atomic E-state index is 9.71. The zero-order valence-corrected chi connectivity index (χ0v) is 8.71. The second kappa shape index (κ2) is 3.22. The molecule has 0 radical (unpaired) electrons. The highest BCUT2D eigenvalue weighted by atomic mass is 35.6. The second-order valence-corrected chi connectivity index (χ2v) is 4.96. The van der Waals surface area contributed by atoms with Crippen LogP contribution in [-0.4, -0.2) is 20.3 Å². The molecule has 1 atom stereocenters.